The van der Waals surface area contributed by atoms with Crippen molar-refractivity contribution in [2.24, 2.45) is 4.99 Å². The molecule has 1 heterocycles. The fourth-order valence-corrected chi connectivity index (χ4v) is 4.56. The zero-order valence-electron chi connectivity index (χ0n) is 17.1. The highest BCUT2D eigenvalue weighted by molar-refractivity contribution is 14.0. The molecule has 0 aromatic carbocycles. The number of rotatable bonds is 5. The summed E-state index contributed by atoms with van der Waals surface area (Å²) < 4.78 is 0. The van der Waals surface area contributed by atoms with Gasteiger partial charge >= 0.3 is 0 Å². The van der Waals surface area contributed by atoms with E-state index < -0.39 is 0 Å². The lowest BCUT2D eigenvalue weighted by molar-refractivity contribution is -0.127. The van der Waals surface area contributed by atoms with Crippen LogP contribution in [0.2, 0.25) is 0 Å². The van der Waals surface area contributed by atoms with Crippen LogP contribution < -0.4 is 10.6 Å². The van der Waals surface area contributed by atoms with Crippen molar-refractivity contribution in [3.8, 4) is 0 Å². The zero-order valence-corrected chi connectivity index (χ0v) is 19.4. The number of carbonyl (C=O) groups excluding carboxylic acids is 1. The zero-order chi connectivity index (χ0) is 18.4. The predicted octanol–water partition coefficient (Wildman–Crippen LogP) is 2.58. The van der Waals surface area contributed by atoms with E-state index in [1.807, 2.05) is 0 Å². The average molecular weight is 491 g/mol. The minimum Gasteiger partial charge on any atom is -0.354 e. The molecule has 1 amide bonds. The number of carbonyl (C=O) groups is 1. The van der Waals surface area contributed by atoms with Crippen molar-refractivity contribution in [3.05, 3.63) is 0 Å². The summed E-state index contributed by atoms with van der Waals surface area (Å²) >= 11 is 0. The summed E-state index contributed by atoms with van der Waals surface area (Å²) in [6.07, 6.45) is 12.9. The lowest BCUT2D eigenvalue weighted by Gasteiger charge is -2.37. The van der Waals surface area contributed by atoms with Crippen molar-refractivity contribution in [1.82, 2.24) is 20.4 Å². The molecule has 6 nitrogen and oxygen atoms in total. The maximum atomic E-state index is 11.9. The van der Waals surface area contributed by atoms with E-state index in [-0.39, 0.29) is 36.4 Å². The molecule has 7 heteroatoms. The van der Waals surface area contributed by atoms with E-state index in [1.165, 1.54) is 77.3 Å². The third kappa shape index (κ3) is 7.07. The van der Waals surface area contributed by atoms with Gasteiger partial charge in [0, 0.05) is 45.3 Å². The standard InChI is InChI=1S/C20H37N5O.HI/c1-24(2)19(26)15-21-20(22-16-7-3-4-8-16)23-17-11-13-25(14-12-17)18-9-5-6-10-18;/h16-18H,3-15H2,1-2H3,(H2,21,22,23);1H. The molecule has 2 aliphatic carbocycles. The Morgan fingerprint density at radius 1 is 0.926 bits per heavy atom. The van der Waals surface area contributed by atoms with Gasteiger partial charge in [0.1, 0.15) is 6.54 Å². The fourth-order valence-electron chi connectivity index (χ4n) is 4.56. The number of likely N-dealkylation sites (N-methyl/N-ethyl adjacent to an activating group) is 1. The second-order valence-corrected chi connectivity index (χ2v) is 8.47. The van der Waals surface area contributed by atoms with Crippen molar-refractivity contribution in [3.63, 3.8) is 0 Å². The molecule has 3 fully saturated rings. The molecule has 0 aromatic rings. The number of hydrogen-bond donors (Lipinski definition) is 2. The van der Waals surface area contributed by atoms with Crippen LogP contribution in [-0.2, 0) is 4.79 Å². The highest BCUT2D eigenvalue weighted by Gasteiger charge is 2.28. The summed E-state index contributed by atoms with van der Waals surface area (Å²) in [4.78, 5) is 20.8. The molecule has 0 spiro atoms. The van der Waals surface area contributed by atoms with Gasteiger partial charge in [-0.25, -0.2) is 4.99 Å². The lowest BCUT2D eigenvalue weighted by atomic mass is 10.0. The molecule has 2 N–H and O–H groups in total. The molecule has 156 valence electrons. The van der Waals surface area contributed by atoms with Crippen molar-refractivity contribution in [1.29, 1.82) is 0 Å². The van der Waals surface area contributed by atoms with Crippen LogP contribution >= 0.6 is 24.0 Å². The molecule has 1 aliphatic heterocycles. The van der Waals surface area contributed by atoms with Gasteiger partial charge in [0.15, 0.2) is 5.96 Å². The number of nitrogens with zero attached hydrogens (tertiary/aromatic N) is 3. The Bertz CT molecular complexity index is 479. The number of guanidine groups is 1. The number of piperidine rings is 1. The van der Waals surface area contributed by atoms with Gasteiger partial charge in [-0.1, -0.05) is 25.7 Å². The molecule has 0 bridgehead atoms. The fraction of sp³-hybridized carbons (Fsp3) is 0.900. The summed E-state index contributed by atoms with van der Waals surface area (Å²) in [5.74, 6) is 0.889. The number of halogens is 1. The number of aliphatic imine (C=N–C) groups is 1. The van der Waals surface area contributed by atoms with E-state index in [2.05, 4.69) is 20.5 Å². The van der Waals surface area contributed by atoms with Crippen LogP contribution in [0.5, 0.6) is 0 Å². The molecule has 0 atom stereocenters. The van der Waals surface area contributed by atoms with Gasteiger partial charge in [-0.15, -0.1) is 24.0 Å². The van der Waals surface area contributed by atoms with Gasteiger partial charge in [-0.3, -0.25) is 4.79 Å². The summed E-state index contributed by atoms with van der Waals surface area (Å²) in [5, 5.41) is 7.21. The van der Waals surface area contributed by atoms with Crippen LogP contribution in [0.3, 0.4) is 0 Å². The van der Waals surface area contributed by atoms with Gasteiger partial charge in [0.05, 0.1) is 0 Å². The molecular formula is C20H38IN5O. The third-order valence-electron chi connectivity index (χ3n) is 6.28. The van der Waals surface area contributed by atoms with Crippen LogP contribution in [-0.4, -0.2) is 73.5 Å². The Kier molecular flexibility index (Phi) is 9.62. The normalized spacial score (nSPS) is 23.3. The first-order valence-electron chi connectivity index (χ1n) is 10.6. The van der Waals surface area contributed by atoms with Gasteiger partial charge in [-0.05, 0) is 38.5 Å². The second-order valence-electron chi connectivity index (χ2n) is 8.47. The van der Waals surface area contributed by atoms with E-state index in [4.69, 9.17) is 0 Å². The van der Waals surface area contributed by atoms with Crippen LogP contribution in [0.4, 0.5) is 0 Å². The number of hydrogen-bond acceptors (Lipinski definition) is 3. The van der Waals surface area contributed by atoms with Crippen LogP contribution in [0.1, 0.15) is 64.2 Å². The maximum Gasteiger partial charge on any atom is 0.243 e. The van der Waals surface area contributed by atoms with Crippen LogP contribution in [0.25, 0.3) is 0 Å². The Balaban J connectivity index is 0.00000261. The molecule has 27 heavy (non-hydrogen) atoms. The second kappa shape index (κ2) is 11.4. The SMILES string of the molecule is CN(C)C(=O)CN=C(NC1CCCC1)NC1CCN(C2CCCC2)CC1.I. The Morgan fingerprint density at radius 2 is 1.44 bits per heavy atom. The van der Waals surface area contributed by atoms with Gasteiger partial charge in [-0.2, -0.15) is 0 Å². The Morgan fingerprint density at radius 3 is 2.00 bits per heavy atom. The van der Waals surface area contributed by atoms with E-state index in [0.29, 0.717) is 12.1 Å². The summed E-state index contributed by atoms with van der Waals surface area (Å²) in [6.45, 7) is 2.60. The van der Waals surface area contributed by atoms with Gasteiger partial charge in [0.25, 0.3) is 0 Å². The topological polar surface area (TPSA) is 60.0 Å². The largest absolute Gasteiger partial charge is 0.354 e. The molecule has 0 unspecified atom stereocenters. The minimum atomic E-state index is 0. The first kappa shape index (κ1) is 22.7. The summed E-state index contributed by atoms with van der Waals surface area (Å²) in [7, 11) is 3.57. The molecule has 2 saturated carbocycles. The van der Waals surface area contributed by atoms with E-state index in [9.17, 15) is 4.79 Å². The van der Waals surface area contributed by atoms with E-state index in [1.54, 1.807) is 19.0 Å². The maximum absolute atomic E-state index is 11.9. The molecule has 3 aliphatic rings. The quantitative estimate of drug-likeness (QED) is 0.353. The van der Waals surface area contributed by atoms with Crippen molar-refractivity contribution in [2.75, 3.05) is 33.7 Å². The van der Waals surface area contributed by atoms with Gasteiger partial charge in [0.2, 0.25) is 5.91 Å². The van der Waals surface area contributed by atoms with Gasteiger partial charge < -0.3 is 20.4 Å². The van der Waals surface area contributed by atoms with Crippen molar-refractivity contribution < 1.29 is 4.79 Å². The average Bonchev–Trinajstić information content (AvgIpc) is 3.34. The minimum absolute atomic E-state index is 0. The predicted molar refractivity (Wildman–Crippen MR) is 122 cm³/mol. The Hall–Kier alpha value is -0.570. The smallest absolute Gasteiger partial charge is 0.243 e. The number of amides is 1. The molecule has 3 rings (SSSR count). The highest BCUT2D eigenvalue weighted by atomic mass is 127. The van der Waals surface area contributed by atoms with Crippen molar-refractivity contribution in [2.45, 2.75) is 82.3 Å². The molecule has 0 radical (unpaired) electrons. The molecule has 0 aromatic heterocycles. The third-order valence-corrected chi connectivity index (χ3v) is 6.28. The monoisotopic (exact) mass is 491 g/mol. The van der Waals surface area contributed by atoms with E-state index in [0.717, 1.165) is 12.0 Å². The lowest BCUT2D eigenvalue weighted by Crippen LogP contribution is -2.52. The molecule has 1 saturated heterocycles. The number of likely N-dealkylation sites (tertiary alicyclic amines) is 1. The van der Waals surface area contributed by atoms with Crippen LogP contribution in [0.15, 0.2) is 4.99 Å². The summed E-state index contributed by atoms with van der Waals surface area (Å²) in [5.41, 5.74) is 0. The van der Waals surface area contributed by atoms with Crippen LogP contribution in [0, 0.1) is 0 Å². The number of nitrogens with one attached hydrogen (secondary N) is 2. The first-order chi connectivity index (χ1) is 12.6. The Labute approximate surface area is 181 Å². The molecular weight excluding hydrogens is 453 g/mol. The van der Waals surface area contributed by atoms with E-state index >= 15 is 0 Å². The summed E-state index contributed by atoms with van der Waals surface area (Å²) in [6, 6.07) is 1.81. The highest BCUT2D eigenvalue weighted by Crippen LogP contribution is 2.26. The van der Waals surface area contributed by atoms with Crippen molar-refractivity contribution >= 4 is 35.8 Å². The first-order valence-corrected chi connectivity index (χ1v) is 10.6.